The molecule has 0 bridgehead atoms. The molecule has 7 rings (SSSR count). The molecule has 0 spiro atoms. The molecule has 348 valence electrons. The maximum atomic E-state index is 14.3. The lowest BCUT2D eigenvalue weighted by molar-refractivity contribution is -0.129. The van der Waals surface area contributed by atoms with Gasteiger partial charge in [0.15, 0.2) is 0 Å². The van der Waals surface area contributed by atoms with Gasteiger partial charge in [0, 0.05) is 39.3 Å². The van der Waals surface area contributed by atoms with E-state index in [4.69, 9.17) is 0 Å². The summed E-state index contributed by atoms with van der Waals surface area (Å²) in [6.45, 7) is 10.1. The number of fused-ring (bicyclic) bond motifs is 2. The van der Waals surface area contributed by atoms with Crippen LogP contribution in [-0.2, 0) is 22.4 Å². The standard InChI is InChI=1S/C52H62N6O8/c1-5-33(3)45(57-49(63)37-21-13-14-22-38(37)50(57)64)47(61)53-41(29-35-17-9-7-10-18-35)43(59)31-55-25-27-56(28-26-55)32-44(60)42(30-36-19-11-8-12-20-36)54-48(62)46(34(4)6-2)58-51(65)39-23-15-16-24-40(39)52(58)66/h7-24,33-34,41-46,59-60H,5-6,25-32H2,1-4H3,(H,53,61)(H,54,62)/t33-,34-,41+,42+,43-,44-,45-,46-/m0/s1. The molecule has 14 heteroatoms. The van der Waals surface area contributed by atoms with Crippen LogP contribution in [0, 0.1) is 11.8 Å². The van der Waals surface area contributed by atoms with Crippen LogP contribution in [-0.4, -0.2) is 141 Å². The van der Waals surface area contributed by atoms with Gasteiger partial charge in [-0.05, 0) is 60.1 Å². The molecule has 1 saturated heterocycles. The van der Waals surface area contributed by atoms with E-state index in [0.717, 1.165) is 20.9 Å². The van der Waals surface area contributed by atoms with E-state index in [9.17, 15) is 39.0 Å². The lowest BCUT2D eigenvalue weighted by Gasteiger charge is -2.39. The minimum Gasteiger partial charge on any atom is -0.390 e. The van der Waals surface area contributed by atoms with Crippen LogP contribution in [0.25, 0.3) is 0 Å². The highest BCUT2D eigenvalue weighted by atomic mass is 16.3. The van der Waals surface area contributed by atoms with E-state index in [-0.39, 0.29) is 47.2 Å². The summed E-state index contributed by atoms with van der Waals surface area (Å²) < 4.78 is 0. The van der Waals surface area contributed by atoms with Gasteiger partial charge in [-0.1, -0.05) is 125 Å². The van der Waals surface area contributed by atoms with E-state index in [0.29, 0.717) is 51.9 Å². The monoisotopic (exact) mass is 898 g/mol. The molecular formula is C52H62N6O8. The number of carbonyl (C=O) groups is 6. The molecule has 3 heterocycles. The van der Waals surface area contributed by atoms with Crippen molar-refractivity contribution in [2.45, 2.75) is 89.8 Å². The van der Waals surface area contributed by atoms with Crippen molar-refractivity contribution in [3.63, 3.8) is 0 Å². The molecule has 0 saturated carbocycles. The Morgan fingerprint density at radius 1 is 0.500 bits per heavy atom. The Morgan fingerprint density at radius 3 is 1.08 bits per heavy atom. The Kier molecular flexibility index (Phi) is 15.6. The zero-order valence-corrected chi connectivity index (χ0v) is 38.2. The van der Waals surface area contributed by atoms with Crippen LogP contribution in [0.3, 0.4) is 0 Å². The molecule has 0 radical (unpaired) electrons. The highest BCUT2D eigenvalue weighted by Gasteiger charge is 2.47. The number of β-amino-alcohol motifs (C(OH)–C–C–N with tert-alkyl or cyclic N) is 2. The van der Waals surface area contributed by atoms with Crippen LogP contribution in [0.1, 0.15) is 93.1 Å². The van der Waals surface area contributed by atoms with Gasteiger partial charge in [0.2, 0.25) is 11.8 Å². The average Bonchev–Trinajstić information content (AvgIpc) is 3.73. The molecule has 14 nitrogen and oxygen atoms in total. The molecule has 0 unspecified atom stereocenters. The van der Waals surface area contributed by atoms with Crippen molar-refractivity contribution in [2.75, 3.05) is 39.3 Å². The van der Waals surface area contributed by atoms with E-state index in [1.54, 1.807) is 48.5 Å². The summed E-state index contributed by atoms with van der Waals surface area (Å²) in [5.74, 6) is -3.77. The second kappa shape index (κ2) is 21.5. The summed E-state index contributed by atoms with van der Waals surface area (Å²) in [5, 5.41) is 29.9. The van der Waals surface area contributed by atoms with Crippen molar-refractivity contribution in [3.05, 3.63) is 143 Å². The number of hydrogen-bond acceptors (Lipinski definition) is 10. The smallest absolute Gasteiger partial charge is 0.262 e. The van der Waals surface area contributed by atoms with Crippen LogP contribution >= 0.6 is 0 Å². The lowest BCUT2D eigenvalue weighted by Crippen LogP contribution is -2.59. The minimum absolute atomic E-state index is 0.233. The number of amides is 6. The molecule has 4 aromatic carbocycles. The first-order valence-corrected chi connectivity index (χ1v) is 23.2. The molecule has 1 fully saturated rings. The Balaban J connectivity index is 1.01. The van der Waals surface area contributed by atoms with Gasteiger partial charge in [-0.15, -0.1) is 0 Å². The maximum Gasteiger partial charge on any atom is 0.262 e. The molecule has 0 aliphatic carbocycles. The zero-order chi connectivity index (χ0) is 47.1. The zero-order valence-electron chi connectivity index (χ0n) is 38.2. The quantitative estimate of drug-likeness (QED) is 0.0940. The van der Waals surface area contributed by atoms with Crippen molar-refractivity contribution < 1.29 is 39.0 Å². The van der Waals surface area contributed by atoms with E-state index in [1.165, 1.54) is 0 Å². The fourth-order valence-corrected chi connectivity index (χ4v) is 9.40. The number of piperazine rings is 1. The number of aliphatic hydroxyl groups excluding tert-OH is 2. The Bertz CT molecular complexity index is 2140. The topological polar surface area (TPSA) is 180 Å². The average molecular weight is 899 g/mol. The van der Waals surface area contributed by atoms with Gasteiger partial charge >= 0.3 is 0 Å². The van der Waals surface area contributed by atoms with E-state index < -0.39 is 71.8 Å². The molecule has 66 heavy (non-hydrogen) atoms. The van der Waals surface area contributed by atoms with E-state index >= 15 is 0 Å². The van der Waals surface area contributed by atoms with Gasteiger partial charge in [0.25, 0.3) is 23.6 Å². The third-order valence-corrected chi connectivity index (χ3v) is 13.6. The molecule has 0 aromatic heterocycles. The first-order chi connectivity index (χ1) is 31.8. The Hall–Kier alpha value is -6.06. The van der Waals surface area contributed by atoms with Crippen LogP contribution in [0.15, 0.2) is 109 Å². The van der Waals surface area contributed by atoms with Gasteiger partial charge in [-0.3, -0.25) is 48.4 Å². The molecule has 3 aliphatic heterocycles. The van der Waals surface area contributed by atoms with Gasteiger partial charge in [-0.2, -0.15) is 0 Å². The summed E-state index contributed by atoms with van der Waals surface area (Å²) in [7, 11) is 0. The number of rotatable bonds is 20. The third-order valence-electron chi connectivity index (χ3n) is 13.6. The highest BCUT2D eigenvalue weighted by Crippen LogP contribution is 2.30. The molecular weight excluding hydrogens is 837 g/mol. The van der Waals surface area contributed by atoms with E-state index in [2.05, 4.69) is 20.4 Å². The Morgan fingerprint density at radius 2 is 0.788 bits per heavy atom. The number of aliphatic hydroxyl groups is 2. The normalized spacial score (nSPS) is 19.1. The van der Waals surface area contributed by atoms with Gasteiger partial charge in [-0.25, -0.2) is 0 Å². The number of nitrogens with one attached hydrogen (secondary N) is 2. The van der Waals surface area contributed by atoms with Crippen molar-refractivity contribution in [3.8, 4) is 0 Å². The van der Waals surface area contributed by atoms with Gasteiger partial charge < -0.3 is 20.8 Å². The second-order valence-corrected chi connectivity index (χ2v) is 18.1. The number of benzene rings is 4. The van der Waals surface area contributed by atoms with Crippen molar-refractivity contribution >= 4 is 35.4 Å². The van der Waals surface area contributed by atoms with Crippen molar-refractivity contribution in [1.82, 2.24) is 30.2 Å². The largest absolute Gasteiger partial charge is 0.390 e. The minimum atomic E-state index is -1.08. The molecule has 4 N–H and O–H groups in total. The SMILES string of the molecule is CC[C@H](C)[C@@H](C(=O)N[C@H](Cc1ccccc1)[C@@H](O)CN1CCN(C[C@H](O)[C@@H](Cc2ccccc2)NC(=O)[C@H]([C@@H](C)CC)N2C(=O)c3ccccc3C2=O)CC1)N1C(=O)c2ccccc2C1=O. The maximum absolute atomic E-state index is 14.3. The summed E-state index contributed by atoms with van der Waals surface area (Å²) in [5.41, 5.74) is 2.87. The number of carbonyl (C=O) groups excluding carboxylic acids is 6. The first-order valence-electron chi connectivity index (χ1n) is 23.2. The van der Waals surface area contributed by atoms with Crippen molar-refractivity contribution in [1.29, 1.82) is 0 Å². The molecule has 6 amide bonds. The van der Waals surface area contributed by atoms with E-state index in [1.807, 2.05) is 88.4 Å². The summed E-state index contributed by atoms with van der Waals surface area (Å²) >= 11 is 0. The van der Waals surface area contributed by atoms with Crippen molar-refractivity contribution in [2.24, 2.45) is 11.8 Å². The number of hydrogen-bond donors (Lipinski definition) is 4. The molecule has 3 aliphatic rings. The number of imide groups is 2. The first kappa shape index (κ1) is 47.9. The lowest BCUT2D eigenvalue weighted by atomic mass is 9.94. The fraction of sp³-hybridized carbons (Fsp3) is 0.423. The van der Waals surface area contributed by atoms with Crippen LogP contribution in [0.5, 0.6) is 0 Å². The highest BCUT2D eigenvalue weighted by molar-refractivity contribution is 6.23. The third kappa shape index (κ3) is 10.5. The second-order valence-electron chi connectivity index (χ2n) is 18.1. The van der Waals surface area contributed by atoms with Crippen LogP contribution in [0.4, 0.5) is 0 Å². The van der Waals surface area contributed by atoms with Gasteiger partial charge in [0.1, 0.15) is 12.1 Å². The summed E-state index contributed by atoms with van der Waals surface area (Å²) in [6, 6.07) is 28.5. The Labute approximate surface area is 387 Å². The predicted molar refractivity (Wildman–Crippen MR) is 249 cm³/mol. The summed E-state index contributed by atoms with van der Waals surface area (Å²) in [4.78, 5) is 89.3. The van der Waals surface area contributed by atoms with Gasteiger partial charge in [0.05, 0.1) is 46.5 Å². The van der Waals surface area contributed by atoms with Crippen LogP contribution < -0.4 is 10.6 Å². The fourth-order valence-electron chi connectivity index (χ4n) is 9.40. The predicted octanol–water partition coefficient (Wildman–Crippen LogP) is 4.20. The van der Waals surface area contributed by atoms with Crippen LogP contribution in [0.2, 0.25) is 0 Å². The molecule has 4 aromatic rings. The summed E-state index contributed by atoms with van der Waals surface area (Å²) in [6.07, 6.45) is -0.341. The molecule has 8 atom stereocenters. The number of nitrogens with zero attached hydrogens (tertiary/aromatic N) is 4.